The van der Waals surface area contributed by atoms with Crippen LogP contribution >= 0.6 is 0 Å². The van der Waals surface area contributed by atoms with Crippen LogP contribution in [0, 0.1) is 0 Å². The molecule has 0 unspecified atom stereocenters. The third-order valence-corrected chi connectivity index (χ3v) is 2.49. The van der Waals surface area contributed by atoms with Gasteiger partial charge in [-0.05, 0) is 25.5 Å². The predicted molar refractivity (Wildman–Crippen MR) is 52.0 cm³/mol. The van der Waals surface area contributed by atoms with Crippen LogP contribution in [0.4, 0.5) is 0 Å². The van der Waals surface area contributed by atoms with Gasteiger partial charge >= 0.3 is 0 Å². The highest BCUT2D eigenvalue weighted by Crippen LogP contribution is 2.21. The zero-order valence-electron chi connectivity index (χ0n) is 8.13. The average molecular weight is 194 g/mol. The Morgan fingerprint density at radius 3 is 3.21 bits per heavy atom. The number of amides is 1. The summed E-state index contributed by atoms with van der Waals surface area (Å²) in [6.07, 6.45) is 2.29. The second-order valence-electron chi connectivity index (χ2n) is 3.44. The van der Waals surface area contributed by atoms with E-state index in [0.717, 1.165) is 18.7 Å². The van der Waals surface area contributed by atoms with Crippen molar-refractivity contribution in [1.82, 2.24) is 20.8 Å². The molecule has 3 N–H and O–H groups in total. The molecular formula is C9H14N4O. The lowest BCUT2D eigenvalue weighted by Crippen LogP contribution is -2.18. The monoisotopic (exact) mass is 194 g/mol. The zero-order valence-corrected chi connectivity index (χ0v) is 8.13. The van der Waals surface area contributed by atoms with Gasteiger partial charge in [-0.25, -0.2) is 0 Å². The molecule has 0 aromatic carbocycles. The standard InChI is InChI=1S/C9H14N4O/c1-10-9(14)8-5-7(12-13-8)6-3-2-4-11-6/h5-6,11H,2-4H2,1H3,(H,10,14)(H,12,13)/t6-/m0/s1. The molecule has 1 aliphatic heterocycles. The van der Waals surface area contributed by atoms with Gasteiger partial charge in [0.05, 0.1) is 5.69 Å². The molecule has 1 aromatic rings. The number of nitrogens with zero attached hydrogens (tertiary/aromatic N) is 1. The molecule has 0 aliphatic carbocycles. The Labute approximate surface area is 82.3 Å². The van der Waals surface area contributed by atoms with Crippen LogP contribution in [0.2, 0.25) is 0 Å². The molecule has 1 aliphatic rings. The Kier molecular flexibility index (Phi) is 2.49. The van der Waals surface area contributed by atoms with E-state index in [0.29, 0.717) is 11.7 Å². The van der Waals surface area contributed by atoms with E-state index in [9.17, 15) is 4.79 Å². The van der Waals surface area contributed by atoms with Crippen LogP contribution in [0.1, 0.15) is 35.1 Å². The molecule has 0 bridgehead atoms. The SMILES string of the molecule is CNC(=O)c1cc([C@@H]2CCCN2)[nH]n1. The Bertz CT molecular complexity index is 327. The minimum atomic E-state index is -0.148. The Hall–Kier alpha value is -1.36. The van der Waals surface area contributed by atoms with Crippen LogP contribution in [-0.4, -0.2) is 29.7 Å². The molecule has 5 heteroatoms. The minimum Gasteiger partial charge on any atom is -0.354 e. The number of rotatable bonds is 2. The molecule has 1 fully saturated rings. The van der Waals surface area contributed by atoms with Crippen LogP contribution in [0.25, 0.3) is 0 Å². The van der Waals surface area contributed by atoms with Crippen molar-refractivity contribution in [3.63, 3.8) is 0 Å². The predicted octanol–water partition coefficient (Wildman–Crippen LogP) is 0.194. The molecule has 1 amide bonds. The lowest BCUT2D eigenvalue weighted by molar-refractivity contribution is 0.0958. The lowest BCUT2D eigenvalue weighted by Gasteiger charge is -2.04. The summed E-state index contributed by atoms with van der Waals surface area (Å²) in [6, 6.07) is 2.14. The van der Waals surface area contributed by atoms with Gasteiger partial charge in [0.25, 0.3) is 5.91 Å². The number of nitrogens with one attached hydrogen (secondary N) is 3. The fraction of sp³-hybridized carbons (Fsp3) is 0.556. The summed E-state index contributed by atoms with van der Waals surface area (Å²) >= 11 is 0. The maximum absolute atomic E-state index is 11.2. The van der Waals surface area contributed by atoms with Gasteiger partial charge < -0.3 is 10.6 Å². The van der Waals surface area contributed by atoms with E-state index < -0.39 is 0 Å². The molecule has 76 valence electrons. The van der Waals surface area contributed by atoms with Crippen molar-refractivity contribution in [3.8, 4) is 0 Å². The van der Waals surface area contributed by atoms with E-state index in [1.165, 1.54) is 6.42 Å². The first kappa shape index (κ1) is 9.21. The molecule has 0 saturated carbocycles. The summed E-state index contributed by atoms with van der Waals surface area (Å²) in [5.74, 6) is -0.148. The second kappa shape index (κ2) is 3.79. The van der Waals surface area contributed by atoms with Crippen molar-refractivity contribution in [2.45, 2.75) is 18.9 Å². The van der Waals surface area contributed by atoms with Crippen LogP contribution < -0.4 is 10.6 Å². The van der Waals surface area contributed by atoms with E-state index in [-0.39, 0.29) is 5.91 Å². The molecule has 1 saturated heterocycles. The third-order valence-electron chi connectivity index (χ3n) is 2.49. The van der Waals surface area contributed by atoms with Crippen LogP contribution in [0.5, 0.6) is 0 Å². The van der Waals surface area contributed by atoms with Crippen molar-refractivity contribution >= 4 is 5.91 Å². The van der Waals surface area contributed by atoms with Crippen molar-refractivity contribution < 1.29 is 4.79 Å². The van der Waals surface area contributed by atoms with Gasteiger partial charge in [-0.1, -0.05) is 0 Å². The summed E-state index contributed by atoms with van der Waals surface area (Å²) in [6.45, 7) is 1.04. The highest BCUT2D eigenvalue weighted by molar-refractivity contribution is 5.92. The zero-order chi connectivity index (χ0) is 9.97. The molecule has 0 spiro atoms. The summed E-state index contributed by atoms with van der Waals surface area (Å²) in [5, 5.41) is 12.7. The van der Waals surface area contributed by atoms with Gasteiger partial charge in [0.2, 0.25) is 0 Å². The van der Waals surface area contributed by atoms with Crippen molar-refractivity contribution in [1.29, 1.82) is 0 Å². The van der Waals surface area contributed by atoms with Gasteiger partial charge in [0.1, 0.15) is 5.69 Å². The first-order chi connectivity index (χ1) is 6.81. The van der Waals surface area contributed by atoms with Crippen molar-refractivity contribution in [2.24, 2.45) is 0 Å². The Morgan fingerprint density at radius 2 is 2.57 bits per heavy atom. The molecule has 1 atom stereocenters. The molecule has 2 heterocycles. The van der Waals surface area contributed by atoms with Crippen LogP contribution in [-0.2, 0) is 0 Å². The average Bonchev–Trinajstić information content (AvgIpc) is 2.86. The number of carbonyl (C=O) groups excluding carboxylic acids is 1. The summed E-state index contributed by atoms with van der Waals surface area (Å²) in [4.78, 5) is 11.2. The van der Waals surface area contributed by atoms with Crippen molar-refractivity contribution in [2.75, 3.05) is 13.6 Å². The van der Waals surface area contributed by atoms with Crippen molar-refractivity contribution in [3.05, 3.63) is 17.5 Å². The fourth-order valence-corrected chi connectivity index (χ4v) is 1.71. The topological polar surface area (TPSA) is 69.8 Å². The van der Waals surface area contributed by atoms with E-state index >= 15 is 0 Å². The second-order valence-corrected chi connectivity index (χ2v) is 3.44. The quantitative estimate of drug-likeness (QED) is 0.629. The maximum atomic E-state index is 11.2. The molecule has 2 rings (SSSR count). The Balaban J connectivity index is 2.12. The molecular weight excluding hydrogens is 180 g/mol. The van der Waals surface area contributed by atoms with Gasteiger partial charge in [-0.3, -0.25) is 9.89 Å². The number of H-pyrrole nitrogens is 1. The Morgan fingerprint density at radius 1 is 1.71 bits per heavy atom. The molecule has 0 radical (unpaired) electrons. The van der Waals surface area contributed by atoms with Crippen LogP contribution in [0.15, 0.2) is 6.07 Å². The smallest absolute Gasteiger partial charge is 0.271 e. The van der Waals surface area contributed by atoms with E-state index in [4.69, 9.17) is 0 Å². The van der Waals surface area contributed by atoms with Gasteiger partial charge in [0.15, 0.2) is 0 Å². The summed E-state index contributed by atoms with van der Waals surface area (Å²) in [5.41, 5.74) is 1.46. The molecule has 5 nitrogen and oxygen atoms in total. The highest BCUT2D eigenvalue weighted by atomic mass is 16.1. The fourth-order valence-electron chi connectivity index (χ4n) is 1.71. The summed E-state index contributed by atoms with van der Waals surface area (Å²) < 4.78 is 0. The minimum absolute atomic E-state index is 0.148. The molecule has 1 aromatic heterocycles. The number of carbonyl (C=O) groups is 1. The number of aromatic nitrogens is 2. The van der Waals surface area contributed by atoms with E-state index in [1.807, 2.05) is 6.07 Å². The van der Waals surface area contributed by atoms with E-state index in [1.54, 1.807) is 7.05 Å². The number of hydrogen-bond acceptors (Lipinski definition) is 3. The third kappa shape index (κ3) is 1.63. The number of hydrogen-bond donors (Lipinski definition) is 3. The molecule has 14 heavy (non-hydrogen) atoms. The maximum Gasteiger partial charge on any atom is 0.271 e. The number of aromatic amines is 1. The lowest BCUT2D eigenvalue weighted by atomic mass is 10.1. The normalized spacial score (nSPS) is 21.1. The largest absolute Gasteiger partial charge is 0.354 e. The summed E-state index contributed by atoms with van der Waals surface area (Å²) in [7, 11) is 1.60. The van der Waals surface area contributed by atoms with Gasteiger partial charge in [0, 0.05) is 13.1 Å². The van der Waals surface area contributed by atoms with E-state index in [2.05, 4.69) is 20.8 Å². The highest BCUT2D eigenvalue weighted by Gasteiger charge is 2.19. The van der Waals surface area contributed by atoms with Crippen LogP contribution in [0.3, 0.4) is 0 Å². The van der Waals surface area contributed by atoms with Gasteiger partial charge in [-0.15, -0.1) is 0 Å². The first-order valence-electron chi connectivity index (χ1n) is 4.82. The first-order valence-corrected chi connectivity index (χ1v) is 4.82. The van der Waals surface area contributed by atoms with Gasteiger partial charge in [-0.2, -0.15) is 5.10 Å².